The summed E-state index contributed by atoms with van der Waals surface area (Å²) in [7, 11) is 1.59. The molecule has 0 amide bonds. The number of aryl methyl sites for hydroxylation is 1. The maximum absolute atomic E-state index is 9.38. The van der Waals surface area contributed by atoms with Crippen LogP contribution >= 0.6 is 0 Å². The summed E-state index contributed by atoms with van der Waals surface area (Å²) in [5, 5.41) is 9.38. The molecule has 0 aromatic carbocycles. The van der Waals surface area contributed by atoms with Gasteiger partial charge in [0.2, 0.25) is 0 Å². The quantitative estimate of drug-likeness (QED) is 0.615. The average molecular weight is 267 g/mol. The first kappa shape index (κ1) is 10.5. The average Bonchev–Trinajstić information content (AvgIpc) is 2.47. The van der Waals surface area contributed by atoms with E-state index in [4.69, 9.17) is 4.74 Å². The minimum Gasteiger partial charge on any atom is -0.482 e. The van der Waals surface area contributed by atoms with Gasteiger partial charge in [0, 0.05) is 19.5 Å². The van der Waals surface area contributed by atoms with Gasteiger partial charge in [-0.2, -0.15) is 0 Å². The molecule has 0 bridgehead atoms. The number of aromatic nitrogens is 1. The molecule has 0 fully saturated rings. The number of aliphatic hydroxyl groups is 1. The molecule has 1 aliphatic carbocycles. The zero-order valence-electron chi connectivity index (χ0n) is 7.20. The molecule has 1 aromatic rings. The summed E-state index contributed by atoms with van der Waals surface area (Å²) in [6.07, 6.45) is 3.72. The smallest absolute Gasteiger partial charge is 0.188 e. The fraction of sp³-hybridized carbons (Fsp3) is 0.333. The van der Waals surface area contributed by atoms with Crippen molar-refractivity contribution in [2.45, 2.75) is 12.8 Å². The molecule has 1 radical (unpaired) electrons. The number of fused-ring (bicyclic) bond motifs is 1. The van der Waals surface area contributed by atoms with Crippen molar-refractivity contribution in [1.29, 1.82) is 0 Å². The largest absolute Gasteiger partial charge is 0.482 e. The van der Waals surface area contributed by atoms with Crippen molar-refractivity contribution in [3.05, 3.63) is 29.5 Å². The van der Waals surface area contributed by atoms with Crippen LogP contribution in [0.25, 0.3) is 0 Å². The number of aliphatic hydroxyl groups excluding tert-OH is 1. The van der Waals surface area contributed by atoms with Crippen molar-refractivity contribution in [3.63, 3.8) is 0 Å². The summed E-state index contributed by atoms with van der Waals surface area (Å²) in [5.41, 5.74) is 2.00. The summed E-state index contributed by atoms with van der Waals surface area (Å²) in [4.78, 5) is 4.02. The van der Waals surface area contributed by atoms with Crippen molar-refractivity contribution in [2.75, 3.05) is 7.11 Å². The SMILES string of the molecule is COc1cc2c(cn1)[C-](O)CC2.[Rh]. The fourth-order valence-electron chi connectivity index (χ4n) is 1.44. The molecular weight excluding hydrogens is 257 g/mol. The second kappa shape index (κ2) is 4.07. The van der Waals surface area contributed by atoms with Crippen LogP contribution in [0.15, 0.2) is 12.3 Å². The molecule has 1 heterocycles. The Morgan fingerprint density at radius 3 is 3.08 bits per heavy atom. The van der Waals surface area contributed by atoms with Crippen molar-refractivity contribution in [3.8, 4) is 5.88 Å². The zero-order chi connectivity index (χ0) is 8.55. The van der Waals surface area contributed by atoms with Crippen LogP contribution in [-0.2, 0) is 25.9 Å². The van der Waals surface area contributed by atoms with E-state index < -0.39 is 0 Å². The van der Waals surface area contributed by atoms with E-state index in [1.54, 1.807) is 13.3 Å². The topological polar surface area (TPSA) is 42.4 Å². The Bertz CT molecular complexity index is 304. The van der Waals surface area contributed by atoms with Crippen LogP contribution in [0.2, 0.25) is 0 Å². The van der Waals surface area contributed by atoms with E-state index in [2.05, 4.69) is 4.98 Å². The van der Waals surface area contributed by atoms with Crippen LogP contribution in [0, 0.1) is 6.10 Å². The molecule has 13 heavy (non-hydrogen) atoms. The number of ether oxygens (including phenoxy) is 1. The van der Waals surface area contributed by atoms with Gasteiger partial charge in [0.25, 0.3) is 0 Å². The molecule has 0 aliphatic heterocycles. The van der Waals surface area contributed by atoms with Crippen LogP contribution in [0.1, 0.15) is 17.5 Å². The summed E-state index contributed by atoms with van der Waals surface area (Å²) < 4.78 is 4.97. The van der Waals surface area contributed by atoms with Crippen LogP contribution in [0.4, 0.5) is 0 Å². The van der Waals surface area contributed by atoms with Crippen LogP contribution in [-0.4, -0.2) is 17.2 Å². The normalized spacial score (nSPS) is 13.5. The fourth-order valence-corrected chi connectivity index (χ4v) is 1.44. The van der Waals surface area contributed by atoms with Crippen LogP contribution in [0.3, 0.4) is 0 Å². The number of rotatable bonds is 1. The third-order valence-corrected chi connectivity index (χ3v) is 2.12. The summed E-state index contributed by atoms with van der Waals surface area (Å²) in [6, 6.07) is 1.87. The number of nitrogens with zero attached hydrogens (tertiary/aromatic N) is 1. The van der Waals surface area contributed by atoms with E-state index in [-0.39, 0.29) is 19.5 Å². The first-order chi connectivity index (χ1) is 5.81. The van der Waals surface area contributed by atoms with Crippen molar-refractivity contribution < 1.29 is 29.3 Å². The molecule has 1 aromatic heterocycles. The van der Waals surface area contributed by atoms with E-state index in [1.807, 2.05) is 6.07 Å². The van der Waals surface area contributed by atoms with E-state index in [0.29, 0.717) is 12.0 Å². The van der Waals surface area contributed by atoms with Gasteiger partial charge in [-0.1, -0.05) is 31.2 Å². The maximum atomic E-state index is 9.38. The van der Waals surface area contributed by atoms with Gasteiger partial charge in [-0.15, -0.1) is 11.1 Å². The van der Waals surface area contributed by atoms with Crippen LogP contribution in [0.5, 0.6) is 5.88 Å². The Hall–Kier alpha value is -0.597. The zero-order valence-corrected chi connectivity index (χ0v) is 8.84. The predicted molar refractivity (Wildman–Crippen MR) is 43.4 cm³/mol. The second-order valence-corrected chi connectivity index (χ2v) is 2.83. The van der Waals surface area contributed by atoms with E-state index >= 15 is 0 Å². The molecule has 4 heteroatoms. The summed E-state index contributed by atoms with van der Waals surface area (Å²) >= 11 is 0. The molecule has 0 saturated carbocycles. The van der Waals surface area contributed by atoms with Crippen molar-refractivity contribution in [2.24, 2.45) is 0 Å². The third-order valence-electron chi connectivity index (χ3n) is 2.12. The number of hydrogen-bond acceptors (Lipinski definition) is 3. The Balaban J connectivity index is 0.000000845. The molecule has 0 saturated heterocycles. The molecule has 1 N–H and O–H groups in total. The third kappa shape index (κ3) is 1.84. The summed E-state index contributed by atoms with van der Waals surface area (Å²) in [5.74, 6) is 0.614. The Labute approximate surface area is 89.9 Å². The van der Waals surface area contributed by atoms with E-state index in [0.717, 1.165) is 24.0 Å². The molecule has 2 rings (SSSR count). The van der Waals surface area contributed by atoms with E-state index in [9.17, 15) is 5.11 Å². The van der Waals surface area contributed by atoms with Gasteiger partial charge in [0.15, 0.2) is 5.88 Å². The number of hydrogen-bond donors (Lipinski definition) is 1. The molecule has 73 valence electrons. The molecule has 0 atom stereocenters. The number of pyridine rings is 1. The standard InChI is InChI=1S/C9H10NO2.Rh/c1-12-9-4-6-2-3-8(11)7(6)5-10-9;/h4-5,11H,2-3H2,1H3;/q-1;. The first-order valence-electron chi connectivity index (χ1n) is 3.89. The minimum atomic E-state index is 0. The molecule has 0 spiro atoms. The van der Waals surface area contributed by atoms with Gasteiger partial charge >= 0.3 is 0 Å². The van der Waals surface area contributed by atoms with Crippen molar-refractivity contribution >= 4 is 0 Å². The summed E-state index contributed by atoms with van der Waals surface area (Å²) in [6.45, 7) is 0. The Morgan fingerprint density at radius 1 is 1.62 bits per heavy atom. The van der Waals surface area contributed by atoms with E-state index in [1.165, 1.54) is 0 Å². The molecule has 1 aliphatic rings. The van der Waals surface area contributed by atoms with Crippen molar-refractivity contribution in [1.82, 2.24) is 4.98 Å². The Morgan fingerprint density at radius 2 is 2.38 bits per heavy atom. The maximum Gasteiger partial charge on any atom is 0.188 e. The Kier molecular flexibility index (Phi) is 3.29. The first-order valence-corrected chi connectivity index (χ1v) is 3.89. The van der Waals surface area contributed by atoms with Gasteiger partial charge < -0.3 is 9.84 Å². The molecule has 0 unspecified atom stereocenters. The molecule has 3 nitrogen and oxygen atoms in total. The second-order valence-electron chi connectivity index (χ2n) is 2.83. The molecular formula is C9H10NO2Rh-. The monoisotopic (exact) mass is 267 g/mol. The van der Waals surface area contributed by atoms with Crippen LogP contribution < -0.4 is 4.74 Å². The van der Waals surface area contributed by atoms with Gasteiger partial charge in [-0.05, 0) is 0 Å². The van der Waals surface area contributed by atoms with Gasteiger partial charge in [0.05, 0.1) is 7.11 Å². The minimum absolute atomic E-state index is 0. The van der Waals surface area contributed by atoms with Gasteiger partial charge in [0.1, 0.15) is 0 Å². The number of methoxy groups -OCH3 is 1. The van der Waals surface area contributed by atoms with Gasteiger partial charge in [-0.25, -0.2) is 0 Å². The van der Waals surface area contributed by atoms with Gasteiger partial charge in [-0.3, -0.25) is 4.98 Å². The predicted octanol–water partition coefficient (Wildman–Crippen LogP) is 1.29.